The summed E-state index contributed by atoms with van der Waals surface area (Å²) in [4.78, 5) is 0. The van der Waals surface area contributed by atoms with E-state index in [0.717, 1.165) is 13.0 Å². The number of hydrogen-bond acceptors (Lipinski definition) is 1. The second kappa shape index (κ2) is 3.15. The molecule has 0 atom stereocenters. The van der Waals surface area contributed by atoms with Crippen LogP contribution in [0.2, 0.25) is 0 Å². The van der Waals surface area contributed by atoms with Gasteiger partial charge in [0.2, 0.25) is 0 Å². The van der Waals surface area contributed by atoms with Gasteiger partial charge in [-0.1, -0.05) is 6.08 Å². The van der Waals surface area contributed by atoms with Crippen LogP contribution < -0.4 is 0 Å². The first-order valence-corrected chi connectivity index (χ1v) is 2.96. The topological polar surface area (TPSA) is 0 Å². The number of allylic oxidation sites excluding steroid dienone is 1. The molecular formula is C5H7F3S. The fourth-order valence-corrected chi connectivity index (χ4v) is 0.527. The summed E-state index contributed by atoms with van der Waals surface area (Å²) >= 11 is 3.62. The van der Waals surface area contributed by atoms with Crippen LogP contribution in [0.3, 0.4) is 0 Å². The van der Waals surface area contributed by atoms with E-state index in [1.165, 1.54) is 0 Å². The molecule has 0 aromatic rings. The Labute approximate surface area is 57.2 Å². The molecule has 0 unspecified atom stereocenters. The van der Waals surface area contributed by atoms with Crippen LogP contribution >= 0.6 is 12.6 Å². The van der Waals surface area contributed by atoms with Crippen LogP contribution in [0.1, 0.15) is 6.92 Å². The molecule has 0 aromatic carbocycles. The quantitative estimate of drug-likeness (QED) is 0.437. The highest BCUT2D eigenvalue weighted by Gasteiger charge is 2.29. The maximum Gasteiger partial charge on any atom is 0.412 e. The number of alkyl halides is 3. The SMILES string of the molecule is C/C(=C/CS)C(F)(F)F. The molecule has 0 spiro atoms. The molecule has 0 rings (SSSR count). The molecule has 0 saturated heterocycles. The molecule has 0 heterocycles. The van der Waals surface area contributed by atoms with E-state index in [2.05, 4.69) is 12.6 Å². The second-order valence-electron chi connectivity index (χ2n) is 1.57. The van der Waals surface area contributed by atoms with Crippen LogP contribution in [0, 0.1) is 0 Å². The molecule has 0 N–H and O–H groups in total. The molecule has 0 fully saturated rings. The summed E-state index contributed by atoms with van der Waals surface area (Å²) in [5, 5.41) is 0. The maximum atomic E-state index is 11.5. The van der Waals surface area contributed by atoms with Gasteiger partial charge in [0.05, 0.1) is 0 Å². The highest BCUT2D eigenvalue weighted by atomic mass is 32.1. The van der Waals surface area contributed by atoms with Crippen molar-refractivity contribution in [3.8, 4) is 0 Å². The first-order valence-electron chi connectivity index (χ1n) is 2.33. The molecule has 0 nitrogen and oxygen atoms in total. The number of rotatable bonds is 1. The molecule has 0 amide bonds. The summed E-state index contributed by atoms with van der Waals surface area (Å²) in [6, 6.07) is 0. The average molecular weight is 156 g/mol. The van der Waals surface area contributed by atoms with Gasteiger partial charge in [0, 0.05) is 11.3 Å². The van der Waals surface area contributed by atoms with E-state index in [0.29, 0.717) is 0 Å². The van der Waals surface area contributed by atoms with E-state index in [1.54, 1.807) is 0 Å². The molecule has 0 bridgehead atoms. The molecule has 0 saturated carbocycles. The van der Waals surface area contributed by atoms with Crippen LogP contribution in [-0.4, -0.2) is 11.9 Å². The average Bonchev–Trinajstić information content (AvgIpc) is 1.64. The third kappa shape index (κ3) is 3.46. The summed E-state index contributed by atoms with van der Waals surface area (Å²) < 4.78 is 34.6. The number of hydrogen-bond donors (Lipinski definition) is 1. The third-order valence-corrected chi connectivity index (χ3v) is 1.03. The lowest BCUT2D eigenvalue weighted by molar-refractivity contribution is -0.0914. The fraction of sp³-hybridized carbons (Fsp3) is 0.600. The van der Waals surface area contributed by atoms with Gasteiger partial charge in [-0.15, -0.1) is 0 Å². The molecule has 54 valence electrons. The van der Waals surface area contributed by atoms with Gasteiger partial charge in [-0.25, -0.2) is 0 Å². The predicted molar refractivity (Wildman–Crippen MR) is 33.7 cm³/mol. The Morgan fingerprint density at radius 2 is 2.00 bits per heavy atom. The van der Waals surface area contributed by atoms with E-state index >= 15 is 0 Å². The zero-order valence-corrected chi connectivity index (χ0v) is 5.76. The molecule has 0 aliphatic carbocycles. The lowest BCUT2D eigenvalue weighted by Crippen LogP contribution is -2.08. The van der Waals surface area contributed by atoms with Gasteiger partial charge in [0.15, 0.2) is 0 Å². The summed E-state index contributed by atoms with van der Waals surface area (Å²) in [6.07, 6.45) is -3.15. The minimum Gasteiger partial charge on any atom is -0.175 e. The summed E-state index contributed by atoms with van der Waals surface area (Å²) in [6.45, 7) is 1.02. The van der Waals surface area contributed by atoms with Crippen LogP contribution in [0.5, 0.6) is 0 Å². The molecule has 0 aromatic heterocycles. The minimum atomic E-state index is -4.18. The van der Waals surface area contributed by atoms with Gasteiger partial charge in [-0.3, -0.25) is 0 Å². The van der Waals surface area contributed by atoms with Crippen molar-refractivity contribution < 1.29 is 13.2 Å². The van der Waals surface area contributed by atoms with Gasteiger partial charge < -0.3 is 0 Å². The van der Waals surface area contributed by atoms with Crippen molar-refractivity contribution in [2.24, 2.45) is 0 Å². The Balaban J connectivity index is 4.03. The highest BCUT2D eigenvalue weighted by Crippen LogP contribution is 2.24. The number of thiol groups is 1. The van der Waals surface area contributed by atoms with Crippen molar-refractivity contribution in [3.63, 3.8) is 0 Å². The minimum absolute atomic E-state index is 0.130. The van der Waals surface area contributed by atoms with E-state index in [-0.39, 0.29) is 5.75 Å². The Bertz CT molecular complexity index is 114. The largest absolute Gasteiger partial charge is 0.412 e. The first kappa shape index (κ1) is 8.88. The normalized spacial score (nSPS) is 14.1. The lowest BCUT2D eigenvalue weighted by atomic mass is 10.3. The molecule has 9 heavy (non-hydrogen) atoms. The standard InChI is InChI=1S/C5H7F3S/c1-4(2-3-9)5(6,7)8/h2,9H,3H2,1H3/b4-2-. The van der Waals surface area contributed by atoms with Gasteiger partial charge in [0.25, 0.3) is 0 Å². The van der Waals surface area contributed by atoms with E-state index in [9.17, 15) is 13.2 Å². The summed E-state index contributed by atoms with van der Waals surface area (Å²) in [5.74, 6) is 0.130. The van der Waals surface area contributed by atoms with E-state index in [1.807, 2.05) is 0 Å². The zero-order valence-electron chi connectivity index (χ0n) is 4.87. The monoisotopic (exact) mass is 156 g/mol. The van der Waals surface area contributed by atoms with Crippen molar-refractivity contribution in [2.75, 3.05) is 5.75 Å². The lowest BCUT2D eigenvalue weighted by Gasteiger charge is -2.04. The van der Waals surface area contributed by atoms with Crippen LogP contribution in [0.4, 0.5) is 13.2 Å². The maximum absolute atomic E-state index is 11.5. The van der Waals surface area contributed by atoms with Gasteiger partial charge in [0.1, 0.15) is 0 Å². The van der Waals surface area contributed by atoms with E-state index in [4.69, 9.17) is 0 Å². The molecule has 4 heteroatoms. The zero-order chi connectivity index (χ0) is 7.49. The van der Waals surface area contributed by atoms with Crippen molar-refractivity contribution in [3.05, 3.63) is 11.6 Å². The van der Waals surface area contributed by atoms with Gasteiger partial charge >= 0.3 is 6.18 Å². The molecule has 0 aliphatic heterocycles. The Hall–Kier alpha value is -0.120. The van der Waals surface area contributed by atoms with E-state index < -0.39 is 11.7 Å². The van der Waals surface area contributed by atoms with Crippen molar-refractivity contribution >= 4 is 12.6 Å². The first-order chi connectivity index (χ1) is 3.98. The smallest absolute Gasteiger partial charge is 0.175 e. The summed E-state index contributed by atoms with van der Waals surface area (Å²) in [5.41, 5.74) is -0.586. The fourth-order valence-electron chi connectivity index (χ4n) is 0.253. The highest BCUT2D eigenvalue weighted by molar-refractivity contribution is 7.80. The van der Waals surface area contributed by atoms with Gasteiger partial charge in [-0.2, -0.15) is 25.8 Å². The Morgan fingerprint density at radius 1 is 1.56 bits per heavy atom. The van der Waals surface area contributed by atoms with Crippen molar-refractivity contribution in [1.82, 2.24) is 0 Å². The van der Waals surface area contributed by atoms with Crippen molar-refractivity contribution in [2.45, 2.75) is 13.1 Å². The van der Waals surface area contributed by atoms with Crippen molar-refractivity contribution in [1.29, 1.82) is 0 Å². The van der Waals surface area contributed by atoms with Gasteiger partial charge in [-0.05, 0) is 6.92 Å². The second-order valence-corrected chi connectivity index (χ2v) is 1.93. The molecule has 0 aliphatic rings. The predicted octanol–water partition coefficient (Wildman–Crippen LogP) is 2.42. The summed E-state index contributed by atoms with van der Waals surface area (Å²) in [7, 11) is 0. The number of halogens is 3. The molecule has 0 radical (unpaired) electrons. The molecular weight excluding hydrogens is 149 g/mol. The van der Waals surface area contributed by atoms with Crippen LogP contribution in [0.15, 0.2) is 11.6 Å². The Kier molecular flexibility index (Phi) is 3.11. The van der Waals surface area contributed by atoms with Crippen LogP contribution in [-0.2, 0) is 0 Å². The third-order valence-electron chi connectivity index (χ3n) is 0.845. The Morgan fingerprint density at radius 3 is 2.11 bits per heavy atom. The van der Waals surface area contributed by atoms with Crippen LogP contribution in [0.25, 0.3) is 0 Å².